The van der Waals surface area contributed by atoms with Crippen molar-refractivity contribution >= 4 is 32.4 Å². The smallest absolute Gasteiger partial charge is 0.272 e. The zero-order valence-corrected chi connectivity index (χ0v) is 11.4. The largest absolute Gasteiger partial charge is 0.374 e. The Labute approximate surface area is 108 Å². The molecule has 0 atom stereocenters. The van der Waals surface area contributed by atoms with E-state index in [1.54, 1.807) is 7.05 Å². The Bertz CT molecular complexity index is 555. The van der Waals surface area contributed by atoms with Gasteiger partial charge in [-0.15, -0.1) is 10.2 Å². The topological polar surface area (TPSA) is 109 Å². The highest BCUT2D eigenvalue weighted by Gasteiger charge is 2.32. The van der Waals surface area contributed by atoms with E-state index in [4.69, 9.17) is 5.73 Å². The van der Waals surface area contributed by atoms with Crippen molar-refractivity contribution < 1.29 is 13.2 Å². The van der Waals surface area contributed by atoms with Crippen LogP contribution in [0.1, 0.15) is 6.42 Å². The van der Waals surface area contributed by atoms with Gasteiger partial charge in [0, 0.05) is 20.1 Å². The van der Waals surface area contributed by atoms with E-state index < -0.39 is 10.0 Å². The first-order valence-corrected chi connectivity index (χ1v) is 7.50. The number of nitrogens with two attached hydrogens (primary N) is 1. The Morgan fingerprint density at radius 1 is 1.33 bits per heavy atom. The van der Waals surface area contributed by atoms with Crippen molar-refractivity contribution in [3.05, 3.63) is 0 Å². The van der Waals surface area contributed by atoms with Crippen LogP contribution in [0.25, 0.3) is 0 Å². The molecule has 1 aliphatic rings. The van der Waals surface area contributed by atoms with E-state index in [1.807, 2.05) is 0 Å². The van der Waals surface area contributed by atoms with E-state index in [0.29, 0.717) is 13.0 Å². The Morgan fingerprint density at radius 2 is 2.06 bits per heavy atom. The van der Waals surface area contributed by atoms with Gasteiger partial charge in [-0.1, -0.05) is 11.3 Å². The van der Waals surface area contributed by atoms with E-state index >= 15 is 0 Å². The molecule has 1 aliphatic heterocycles. The van der Waals surface area contributed by atoms with Gasteiger partial charge < -0.3 is 10.6 Å². The summed E-state index contributed by atoms with van der Waals surface area (Å²) < 4.78 is 25.4. The van der Waals surface area contributed by atoms with Gasteiger partial charge in [-0.05, 0) is 6.42 Å². The minimum Gasteiger partial charge on any atom is -0.374 e. The lowest BCUT2D eigenvalue weighted by molar-refractivity contribution is -0.129. The second-order valence-corrected chi connectivity index (χ2v) is 7.03. The predicted octanol–water partition coefficient (Wildman–Crippen LogP) is -1.03. The Hall–Kier alpha value is -1.26. The molecule has 1 fully saturated rings. The molecule has 2 N–H and O–H groups in total. The summed E-state index contributed by atoms with van der Waals surface area (Å²) in [5.41, 5.74) is 5.37. The zero-order valence-electron chi connectivity index (χ0n) is 9.74. The van der Waals surface area contributed by atoms with Gasteiger partial charge in [0.25, 0.3) is 10.0 Å². The summed E-state index contributed by atoms with van der Waals surface area (Å²) in [5, 5.41) is 7.10. The van der Waals surface area contributed by atoms with Crippen LogP contribution in [-0.2, 0) is 14.8 Å². The van der Waals surface area contributed by atoms with Gasteiger partial charge in [-0.3, -0.25) is 4.79 Å². The van der Waals surface area contributed by atoms with Crippen molar-refractivity contribution in [1.82, 2.24) is 19.4 Å². The first-order valence-electron chi connectivity index (χ1n) is 5.24. The van der Waals surface area contributed by atoms with Crippen molar-refractivity contribution in [3.8, 4) is 0 Å². The second kappa shape index (κ2) is 4.78. The number of carbonyl (C=O) groups is 1. The summed E-state index contributed by atoms with van der Waals surface area (Å²) in [5.74, 6) is -0.228. The lowest BCUT2D eigenvalue weighted by atomic mass is 10.4. The number of rotatable bonds is 2. The predicted molar refractivity (Wildman–Crippen MR) is 65.3 cm³/mol. The van der Waals surface area contributed by atoms with Gasteiger partial charge in [-0.2, -0.15) is 4.31 Å². The third-order valence-electron chi connectivity index (χ3n) is 2.62. The van der Waals surface area contributed by atoms with Gasteiger partial charge in [0.2, 0.25) is 15.4 Å². The summed E-state index contributed by atoms with van der Waals surface area (Å²) in [4.78, 5) is 13.2. The maximum atomic E-state index is 12.2. The van der Waals surface area contributed by atoms with Gasteiger partial charge in [-0.25, -0.2) is 8.42 Å². The summed E-state index contributed by atoms with van der Waals surface area (Å²) in [6, 6.07) is 0. The molecule has 0 aliphatic carbocycles. The minimum absolute atomic E-state index is 0.0897. The molecule has 1 aromatic heterocycles. The molecule has 18 heavy (non-hydrogen) atoms. The molecule has 10 heteroatoms. The maximum absolute atomic E-state index is 12.2. The van der Waals surface area contributed by atoms with Crippen LogP contribution < -0.4 is 5.73 Å². The fraction of sp³-hybridized carbons (Fsp3) is 0.625. The van der Waals surface area contributed by atoms with E-state index in [-0.39, 0.29) is 28.5 Å². The Morgan fingerprint density at radius 3 is 2.67 bits per heavy atom. The third-order valence-corrected chi connectivity index (χ3v) is 5.56. The Balaban J connectivity index is 2.27. The number of nitrogen functional groups attached to an aromatic ring is 1. The summed E-state index contributed by atoms with van der Waals surface area (Å²) in [6.45, 7) is 0.666. The highest BCUT2D eigenvalue weighted by Crippen LogP contribution is 2.22. The molecular formula is C8H13N5O3S2. The van der Waals surface area contributed by atoms with Crippen molar-refractivity contribution in [3.63, 3.8) is 0 Å². The van der Waals surface area contributed by atoms with Crippen LogP contribution in [0.5, 0.6) is 0 Å². The van der Waals surface area contributed by atoms with E-state index in [0.717, 1.165) is 15.6 Å². The van der Waals surface area contributed by atoms with Crippen molar-refractivity contribution in [2.75, 3.05) is 32.4 Å². The van der Waals surface area contributed by atoms with E-state index in [9.17, 15) is 13.2 Å². The first kappa shape index (κ1) is 13.2. The molecule has 2 rings (SSSR count). The minimum atomic E-state index is -3.77. The van der Waals surface area contributed by atoms with Gasteiger partial charge in [0.05, 0.1) is 6.54 Å². The van der Waals surface area contributed by atoms with Crippen LogP contribution in [0, 0.1) is 0 Å². The van der Waals surface area contributed by atoms with E-state index in [2.05, 4.69) is 10.2 Å². The molecule has 0 aromatic carbocycles. The van der Waals surface area contributed by atoms with Gasteiger partial charge in [0.15, 0.2) is 0 Å². The number of hydrogen-bond acceptors (Lipinski definition) is 7. The lowest BCUT2D eigenvalue weighted by Gasteiger charge is -2.17. The number of amides is 1. The standard InChI is InChI=1S/C8H13N5O3S2/c1-12-3-2-4-13(5-6(12)14)18(15,16)8-11-10-7(9)17-8/h2-5H2,1H3,(H2,9,10). The first-order chi connectivity index (χ1) is 8.41. The molecule has 2 heterocycles. The second-order valence-electron chi connectivity index (χ2n) is 3.91. The lowest BCUT2D eigenvalue weighted by Crippen LogP contribution is -2.37. The highest BCUT2D eigenvalue weighted by atomic mass is 32.2. The molecule has 1 amide bonds. The number of likely N-dealkylation sites (N-methyl/N-ethyl adjacent to an activating group) is 1. The monoisotopic (exact) mass is 291 g/mol. The molecule has 8 nitrogen and oxygen atoms in total. The SMILES string of the molecule is CN1CCCN(S(=O)(=O)c2nnc(N)s2)CC1=O. The number of sulfonamides is 1. The van der Waals surface area contributed by atoms with Gasteiger partial charge >= 0.3 is 0 Å². The number of hydrogen-bond donors (Lipinski definition) is 1. The quantitative estimate of drug-likeness (QED) is 0.746. The van der Waals surface area contributed by atoms with Crippen molar-refractivity contribution in [2.45, 2.75) is 10.8 Å². The number of anilines is 1. The molecule has 0 spiro atoms. The number of aromatic nitrogens is 2. The summed E-state index contributed by atoms with van der Waals surface area (Å²) in [7, 11) is -2.12. The molecule has 1 aromatic rings. The van der Waals surface area contributed by atoms with E-state index in [1.165, 1.54) is 4.90 Å². The van der Waals surface area contributed by atoms with Crippen LogP contribution in [0.15, 0.2) is 4.34 Å². The van der Waals surface area contributed by atoms with Gasteiger partial charge in [0.1, 0.15) is 0 Å². The van der Waals surface area contributed by atoms with Crippen molar-refractivity contribution in [1.29, 1.82) is 0 Å². The van der Waals surface area contributed by atoms with Crippen LogP contribution in [0.2, 0.25) is 0 Å². The summed E-state index contributed by atoms with van der Waals surface area (Å²) >= 11 is 0.798. The third kappa shape index (κ3) is 2.44. The highest BCUT2D eigenvalue weighted by molar-refractivity contribution is 7.91. The summed E-state index contributed by atoms with van der Waals surface area (Å²) in [6.07, 6.45) is 0.593. The number of carbonyl (C=O) groups excluding carboxylic acids is 1. The van der Waals surface area contributed by atoms with Crippen LogP contribution >= 0.6 is 11.3 Å². The van der Waals surface area contributed by atoms with Crippen LogP contribution in [-0.4, -0.2) is 60.4 Å². The maximum Gasteiger partial charge on any atom is 0.272 e. The van der Waals surface area contributed by atoms with Crippen molar-refractivity contribution in [2.24, 2.45) is 0 Å². The van der Waals surface area contributed by atoms with Crippen LogP contribution in [0.4, 0.5) is 5.13 Å². The fourth-order valence-corrected chi connectivity index (χ4v) is 3.95. The normalized spacial score (nSPS) is 18.9. The molecule has 0 saturated carbocycles. The molecule has 0 bridgehead atoms. The average Bonchev–Trinajstić information content (AvgIpc) is 2.67. The fourth-order valence-electron chi connectivity index (χ4n) is 1.60. The molecule has 1 saturated heterocycles. The molecular weight excluding hydrogens is 278 g/mol. The average molecular weight is 291 g/mol. The zero-order chi connectivity index (χ0) is 13.3. The Kier molecular flexibility index (Phi) is 3.50. The molecule has 0 unspecified atom stereocenters. The molecule has 100 valence electrons. The molecule has 0 radical (unpaired) electrons. The number of nitrogens with zero attached hydrogens (tertiary/aromatic N) is 4. The van der Waals surface area contributed by atoms with Crippen LogP contribution in [0.3, 0.4) is 0 Å².